The summed E-state index contributed by atoms with van der Waals surface area (Å²) >= 11 is 0. The number of hydrogen-bond acceptors (Lipinski definition) is 1. The van der Waals surface area contributed by atoms with Gasteiger partial charge in [0.25, 0.3) is 0 Å². The largest absolute Gasteiger partial charge is 0.377 e. The minimum absolute atomic E-state index is 0.346. The molecular formula is C37H31N. The van der Waals surface area contributed by atoms with E-state index >= 15 is 0 Å². The third-order valence-corrected chi connectivity index (χ3v) is 8.19. The molecule has 0 saturated heterocycles. The molecule has 0 atom stereocenters. The van der Waals surface area contributed by atoms with Gasteiger partial charge in [0, 0.05) is 25.7 Å². The zero-order chi connectivity index (χ0) is 25.6. The van der Waals surface area contributed by atoms with E-state index in [1.807, 2.05) is 0 Å². The van der Waals surface area contributed by atoms with E-state index in [0.29, 0.717) is 5.92 Å². The van der Waals surface area contributed by atoms with Crippen molar-refractivity contribution >= 4 is 17.8 Å². The molecule has 0 unspecified atom stereocenters. The molecule has 7 rings (SSSR count). The molecule has 0 saturated carbocycles. The van der Waals surface area contributed by atoms with Crippen molar-refractivity contribution in [3.63, 3.8) is 0 Å². The second-order valence-corrected chi connectivity index (χ2v) is 10.7. The van der Waals surface area contributed by atoms with Gasteiger partial charge >= 0.3 is 0 Å². The van der Waals surface area contributed by atoms with Gasteiger partial charge in [-0.05, 0) is 80.1 Å². The summed E-state index contributed by atoms with van der Waals surface area (Å²) in [6, 6.07) is 26.9. The van der Waals surface area contributed by atoms with E-state index in [0.717, 1.165) is 12.8 Å². The first-order valence-electron chi connectivity index (χ1n) is 13.6. The molecule has 0 aliphatic heterocycles. The Morgan fingerprint density at radius 1 is 0.605 bits per heavy atom. The molecule has 0 spiro atoms. The van der Waals surface area contributed by atoms with E-state index in [9.17, 15) is 0 Å². The Hall–Kier alpha value is -4.36. The van der Waals surface area contributed by atoms with Crippen LogP contribution in [-0.4, -0.2) is 14.1 Å². The van der Waals surface area contributed by atoms with E-state index < -0.39 is 0 Å². The highest BCUT2D eigenvalue weighted by molar-refractivity contribution is 5.96. The maximum atomic E-state index is 2.40. The highest BCUT2D eigenvalue weighted by Crippen LogP contribution is 2.47. The number of anilines is 1. The van der Waals surface area contributed by atoms with Crippen molar-refractivity contribution in [3.05, 3.63) is 137 Å². The van der Waals surface area contributed by atoms with Crippen LogP contribution in [0.1, 0.15) is 33.7 Å². The summed E-state index contributed by atoms with van der Waals surface area (Å²) in [6.45, 7) is 0. The summed E-state index contributed by atoms with van der Waals surface area (Å²) in [5.74, 6) is 0.346. The fourth-order valence-corrected chi connectivity index (χ4v) is 6.41. The highest BCUT2D eigenvalue weighted by atomic mass is 15.1. The molecule has 1 heteroatoms. The number of hydrogen-bond donors (Lipinski definition) is 0. The minimum atomic E-state index is 0.346. The van der Waals surface area contributed by atoms with Crippen molar-refractivity contribution in [3.8, 4) is 33.4 Å². The summed E-state index contributed by atoms with van der Waals surface area (Å²) in [5.41, 5.74) is 16.3. The van der Waals surface area contributed by atoms with Crippen molar-refractivity contribution in [2.45, 2.75) is 18.8 Å². The van der Waals surface area contributed by atoms with Crippen molar-refractivity contribution in [1.82, 2.24) is 0 Å². The molecular weight excluding hydrogens is 458 g/mol. The van der Waals surface area contributed by atoms with Crippen LogP contribution in [0.4, 0.5) is 5.69 Å². The summed E-state index contributed by atoms with van der Waals surface area (Å²) < 4.78 is 0. The van der Waals surface area contributed by atoms with Crippen LogP contribution in [0, 0.1) is 0 Å². The monoisotopic (exact) mass is 489 g/mol. The van der Waals surface area contributed by atoms with Gasteiger partial charge in [-0.2, -0.15) is 0 Å². The van der Waals surface area contributed by atoms with Crippen molar-refractivity contribution in [1.29, 1.82) is 0 Å². The van der Waals surface area contributed by atoms with Crippen LogP contribution in [0.3, 0.4) is 0 Å². The number of fused-ring (bicyclic) bond motifs is 2. The molecule has 0 N–H and O–H groups in total. The second-order valence-electron chi connectivity index (χ2n) is 10.7. The van der Waals surface area contributed by atoms with Crippen molar-refractivity contribution < 1.29 is 0 Å². The van der Waals surface area contributed by atoms with E-state index in [1.165, 1.54) is 66.9 Å². The van der Waals surface area contributed by atoms with Gasteiger partial charge in [-0.15, -0.1) is 0 Å². The molecule has 1 nitrogen and oxygen atoms in total. The molecule has 0 amide bonds. The molecule has 0 heterocycles. The lowest BCUT2D eigenvalue weighted by atomic mass is 9.82. The number of rotatable bonds is 5. The Bertz CT molecular complexity index is 1610. The standard InChI is InChI=1S/C37H31N/c1-38(2)35-24-29(22-23-30(35)27-12-6-7-13-27)37-33-16-8-14-31(33)36(32-15-9-17-34(32)37)28-20-18-26(19-21-28)25-10-4-3-5-11-25/h3-13,16-24,27H,14-15H2,1-2H3. The molecule has 0 aromatic heterocycles. The van der Waals surface area contributed by atoms with Gasteiger partial charge in [0.1, 0.15) is 0 Å². The predicted octanol–water partition coefficient (Wildman–Crippen LogP) is 9.10. The lowest BCUT2D eigenvalue weighted by Crippen LogP contribution is -2.12. The van der Waals surface area contributed by atoms with E-state index in [-0.39, 0.29) is 0 Å². The molecule has 4 aromatic carbocycles. The smallest absolute Gasteiger partial charge is 0.0409 e. The number of benzene rings is 4. The number of allylic oxidation sites excluding steroid dienone is 6. The third-order valence-electron chi connectivity index (χ3n) is 8.19. The SMILES string of the molecule is CN(C)c1cc(-c2c3c(c(-c4ccc(-c5ccccc5)cc4)c4c2C=CC4)CC=C3)ccc1C1C=CC=C1. The van der Waals surface area contributed by atoms with Crippen LogP contribution in [0.15, 0.2) is 109 Å². The first kappa shape index (κ1) is 22.8. The van der Waals surface area contributed by atoms with E-state index in [2.05, 4.69) is 140 Å². The Labute approximate surface area is 225 Å². The van der Waals surface area contributed by atoms with E-state index in [4.69, 9.17) is 0 Å². The van der Waals surface area contributed by atoms with Gasteiger partial charge in [-0.3, -0.25) is 0 Å². The first-order valence-corrected chi connectivity index (χ1v) is 13.6. The quantitative estimate of drug-likeness (QED) is 0.270. The van der Waals surface area contributed by atoms with Crippen LogP contribution in [0.25, 0.3) is 45.5 Å². The normalized spacial score (nSPS) is 14.9. The van der Waals surface area contributed by atoms with Gasteiger partial charge in [0.2, 0.25) is 0 Å². The summed E-state index contributed by atoms with van der Waals surface area (Å²) in [5, 5.41) is 0. The van der Waals surface area contributed by atoms with Crippen molar-refractivity contribution in [2.75, 3.05) is 19.0 Å². The Morgan fingerprint density at radius 3 is 1.82 bits per heavy atom. The predicted molar refractivity (Wildman–Crippen MR) is 164 cm³/mol. The topological polar surface area (TPSA) is 3.24 Å². The van der Waals surface area contributed by atoms with Crippen LogP contribution < -0.4 is 4.90 Å². The molecule has 0 bridgehead atoms. The fraction of sp³-hybridized carbons (Fsp3) is 0.135. The van der Waals surface area contributed by atoms with Gasteiger partial charge in [-0.25, -0.2) is 0 Å². The maximum Gasteiger partial charge on any atom is 0.0409 e. The van der Waals surface area contributed by atoms with Gasteiger partial charge in [0.05, 0.1) is 0 Å². The summed E-state index contributed by atoms with van der Waals surface area (Å²) in [7, 11) is 4.31. The zero-order valence-electron chi connectivity index (χ0n) is 22.0. The molecule has 0 radical (unpaired) electrons. The van der Waals surface area contributed by atoms with Crippen LogP contribution in [-0.2, 0) is 12.8 Å². The average Bonchev–Trinajstić information content (AvgIpc) is 3.74. The average molecular weight is 490 g/mol. The highest BCUT2D eigenvalue weighted by Gasteiger charge is 2.27. The molecule has 0 fully saturated rings. The zero-order valence-corrected chi connectivity index (χ0v) is 22.0. The first-order chi connectivity index (χ1) is 18.7. The lowest BCUT2D eigenvalue weighted by Gasteiger charge is -2.24. The third kappa shape index (κ3) is 3.70. The molecule has 184 valence electrons. The molecule has 38 heavy (non-hydrogen) atoms. The van der Waals surface area contributed by atoms with E-state index in [1.54, 1.807) is 0 Å². The molecule has 3 aliphatic rings. The maximum absolute atomic E-state index is 2.40. The number of nitrogens with zero attached hydrogens (tertiary/aromatic N) is 1. The lowest BCUT2D eigenvalue weighted by molar-refractivity contribution is 1.04. The minimum Gasteiger partial charge on any atom is -0.377 e. The van der Waals surface area contributed by atoms with Crippen LogP contribution in [0.5, 0.6) is 0 Å². The Morgan fingerprint density at radius 2 is 1.18 bits per heavy atom. The van der Waals surface area contributed by atoms with Crippen molar-refractivity contribution in [2.24, 2.45) is 0 Å². The molecule has 4 aromatic rings. The van der Waals surface area contributed by atoms with Crippen LogP contribution >= 0.6 is 0 Å². The van der Waals surface area contributed by atoms with Gasteiger partial charge in [-0.1, -0.05) is 115 Å². The summed E-state index contributed by atoms with van der Waals surface area (Å²) in [6.07, 6.45) is 20.2. The Kier molecular flexibility index (Phi) is 5.51. The van der Waals surface area contributed by atoms with Crippen LogP contribution in [0.2, 0.25) is 0 Å². The fourth-order valence-electron chi connectivity index (χ4n) is 6.41. The summed E-state index contributed by atoms with van der Waals surface area (Å²) in [4.78, 5) is 2.26. The second kappa shape index (κ2) is 9.19. The molecule has 3 aliphatic carbocycles. The Balaban J connectivity index is 1.37. The van der Waals surface area contributed by atoms with Gasteiger partial charge in [0.15, 0.2) is 0 Å². The van der Waals surface area contributed by atoms with Gasteiger partial charge < -0.3 is 4.90 Å².